The molecule has 150 valence electrons. The largest absolute Gasteiger partial charge is 0.497 e. The summed E-state index contributed by atoms with van der Waals surface area (Å²) in [4.78, 5) is 13.2. The Morgan fingerprint density at radius 3 is 2.39 bits per heavy atom. The van der Waals surface area contributed by atoms with Crippen LogP contribution in [0.5, 0.6) is 5.75 Å². The van der Waals surface area contributed by atoms with Gasteiger partial charge in [0.15, 0.2) is 0 Å². The van der Waals surface area contributed by atoms with Crippen molar-refractivity contribution in [1.82, 2.24) is 5.32 Å². The number of hydrogen-bond acceptors (Lipinski definition) is 4. The molecule has 0 bridgehead atoms. The SMILES string of the molecule is COc1ccc(C[C@@](C)(O)CNC(=O)C2(c3ccccc3)CCOCC2)cc1. The maximum atomic E-state index is 13.2. The number of amides is 1. The van der Waals surface area contributed by atoms with Crippen LogP contribution in [0.2, 0.25) is 0 Å². The average molecular weight is 383 g/mol. The van der Waals surface area contributed by atoms with Gasteiger partial charge in [-0.15, -0.1) is 0 Å². The summed E-state index contributed by atoms with van der Waals surface area (Å²) in [6.45, 7) is 3.05. The zero-order chi connectivity index (χ0) is 20.0. The third-order valence-electron chi connectivity index (χ3n) is 5.48. The third kappa shape index (κ3) is 4.72. The molecule has 2 aromatic rings. The Bertz CT molecular complexity index is 765. The molecule has 1 aliphatic rings. The minimum atomic E-state index is -1.05. The fourth-order valence-electron chi connectivity index (χ4n) is 3.81. The molecule has 1 aliphatic heterocycles. The van der Waals surface area contributed by atoms with E-state index in [1.165, 1.54) is 0 Å². The number of aliphatic hydroxyl groups is 1. The number of ether oxygens (including phenoxy) is 2. The average Bonchev–Trinajstić information content (AvgIpc) is 2.73. The third-order valence-corrected chi connectivity index (χ3v) is 5.48. The van der Waals surface area contributed by atoms with Crippen molar-refractivity contribution in [2.45, 2.75) is 37.2 Å². The Labute approximate surface area is 166 Å². The number of carbonyl (C=O) groups is 1. The number of hydrogen-bond donors (Lipinski definition) is 2. The summed E-state index contributed by atoms with van der Waals surface area (Å²) < 4.78 is 10.7. The maximum absolute atomic E-state index is 13.2. The highest BCUT2D eigenvalue weighted by atomic mass is 16.5. The van der Waals surface area contributed by atoms with Crippen LogP contribution in [0.4, 0.5) is 0 Å². The molecule has 3 rings (SSSR count). The van der Waals surface area contributed by atoms with E-state index in [2.05, 4.69) is 5.32 Å². The molecule has 1 heterocycles. The number of carbonyl (C=O) groups excluding carboxylic acids is 1. The van der Waals surface area contributed by atoms with Gasteiger partial charge in [0.2, 0.25) is 5.91 Å². The number of rotatable bonds is 7. The lowest BCUT2D eigenvalue weighted by Gasteiger charge is -2.37. The lowest BCUT2D eigenvalue weighted by atomic mass is 9.73. The Morgan fingerprint density at radius 1 is 1.14 bits per heavy atom. The van der Waals surface area contributed by atoms with Crippen molar-refractivity contribution in [2.24, 2.45) is 0 Å². The van der Waals surface area contributed by atoms with Gasteiger partial charge in [-0.05, 0) is 43.0 Å². The smallest absolute Gasteiger partial charge is 0.230 e. The highest BCUT2D eigenvalue weighted by Crippen LogP contribution is 2.35. The summed E-state index contributed by atoms with van der Waals surface area (Å²) in [6.07, 6.45) is 1.73. The number of methoxy groups -OCH3 is 1. The lowest BCUT2D eigenvalue weighted by molar-refractivity contribution is -0.131. The molecule has 2 aromatic carbocycles. The van der Waals surface area contributed by atoms with Crippen LogP contribution in [-0.4, -0.2) is 43.5 Å². The molecule has 0 spiro atoms. The first-order valence-electron chi connectivity index (χ1n) is 9.72. The standard InChI is InChI=1S/C23H29NO4/c1-22(26,16-18-8-10-20(27-2)11-9-18)17-24-21(25)23(12-14-28-15-13-23)19-6-4-3-5-7-19/h3-11,26H,12-17H2,1-2H3,(H,24,25)/t22-/m1/s1. The number of benzene rings is 2. The molecule has 0 aromatic heterocycles. The van der Waals surface area contributed by atoms with Crippen LogP contribution in [0.3, 0.4) is 0 Å². The quantitative estimate of drug-likeness (QED) is 0.772. The summed E-state index contributed by atoms with van der Waals surface area (Å²) in [6, 6.07) is 17.5. The van der Waals surface area contributed by atoms with Gasteiger partial charge >= 0.3 is 0 Å². The van der Waals surface area contributed by atoms with Crippen LogP contribution < -0.4 is 10.1 Å². The van der Waals surface area contributed by atoms with Gasteiger partial charge in [0.05, 0.1) is 18.1 Å². The van der Waals surface area contributed by atoms with Gasteiger partial charge in [0, 0.05) is 26.2 Å². The molecule has 1 amide bonds. The topological polar surface area (TPSA) is 67.8 Å². The lowest BCUT2D eigenvalue weighted by Crippen LogP contribution is -2.52. The van der Waals surface area contributed by atoms with Crippen molar-refractivity contribution in [2.75, 3.05) is 26.9 Å². The Kier molecular flexibility index (Phi) is 6.37. The van der Waals surface area contributed by atoms with E-state index in [0.717, 1.165) is 16.9 Å². The van der Waals surface area contributed by atoms with E-state index in [1.807, 2.05) is 54.6 Å². The first kappa shape index (κ1) is 20.4. The molecule has 28 heavy (non-hydrogen) atoms. The van der Waals surface area contributed by atoms with Crippen LogP contribution in [0.15, 0.2) is 54.6 Å². The highest BCUT2D eigenvalue weighted by Gasteiger charge is 2.42. The maximum Gasteiger partial charge on any atom is 0.230 e. The van der Waals surface area contributed by atoms with Crippen LogP contribution in [0.25, 0.3) is 0 Å². The van der Waals surface area contributed by atoms with E-state index in [4.69, 9.17) is 9.47 Å². The van der Waals surface area contributed by atoms with Crippen molar-refractivity contribution in [3.05, 3.63) is 65.7 Å². The summed E-state index contributed by atoms with van der Waals surface area (Å²) in [5, 5.41) is 13.8. The van der Waals surface area contributed by atoms with Gasteiger partial charge in [-0.2, -0.15) is 0 Å². The first-order valence-corrected chi connectivity index (χ1v) is 9.72. The summed E-state index contributed by atoms with van der Waals surface area (Å²) >= 11 is 0. The second kappa shape index (κ2) is 8.76. The van der Waals surface area contributed by atoms with Crippen molar-refractivity contribution in [3.8, 4) is 5.75 Å². The van der Waals surface area contributed by atoms with Gasteiger partial charge < -0.3 is 19.9 Å². The van der Waals surface area contributed by atoms with E-state index >= 15 is 0 Å². The second-order valence-electron chi connectivity index (χ2n) is 7.76. The monoisotopic (exact) mass is 383 g/mol. The van der Waals surface area contributed by atoms with E-state index in [0.29, 0.717) is 32.5 Å². The van der Waals surface area contributed by atoms with Crippen molar-refractivity contribution in [3.63, 3.8) is 0 Å². The fourth-order valence-corrected chi connectivity index (χ4v) is 3.81. The van der Waals surface area contributed by atoms with Gasteiger partial charge in [0.1, 0.15) is 5.75 Å². The second-order valence-corrected chi connectivity index (χ2v) is 7.76. The number of nitrogens with one attached hydrogen (secondary N) is 1. The van der Waals surface area contributed by atoms with Crippen LogP contribution in [-0.2, 0) is 21.4 Å². The van der Waals surface area contributed by atoms with E-state index in [9.17, 15) is 9.90 Å². The predicted octanol–water partition coefficient (Wildman–Crippen LogP) is 2.85. The van der Waals surface area contributed by atoms with E-state index in [1.54, 1.807) is 14.0 Å². The van der Waals surface area contributed by atoms with Crippen LogP contribution in [0.1, 0.15) is 30.9 Å². The molecule has 1 saturated heterocycles. The van der Waals surface area contributed by atoms with E-state index < -0.39 is 11.0 Å². The molecule has 1 fully saturated rings. The molecular weight excluding hydrogens is 354 g/mol. The van der Waals surface area contributed by atoms with Crippen LogP contribution >= 0.6 is 0 Å². The highest BCUT2D eigenvalue weighted by molar-refractivity contribution is 5.88. The van der Waals surface area contributed by atoms with Crippen molar-refractivity contribution in [1.29, 1.82) is 0 Å². The zero-order valence-electron chi connectivity index (χ0n) is 16.6. The molecule has 2 N–H and O–H groups in total. The van der Waals surface area contributed by atoms with Crippen molar-refractivity contribution >= 4 is 5.91 Å². The van der Waals surface area contributed by atoms with Gasteiger partial charge in [-0.25, -0.2) is 0 Å². The molecule has 0 aliphatic carbocycles. The van der Waals surface area contributed by atoms with Crippen LogP contribution in [0, 0.1) is 0 Å². The molecule has 0 unspecified atom stereocenters. The fraction of sp³-hybridized carbons (Fsp3) is 0.435. The summed E-state index contributed by atoms with van der Waals surface area (Å²) in [5.41, 5.74) is 0.345. The molecular formula is C23H29NO4. The predicted molar refractivity (Wildman–Crippen MR) is 109 cm³/mol. The van der Waals surface area contributed by atoms with Gasteiger partial charge in [-0.1, -0.05) is 42.5 Å². The normalized spacial score (nSPS) is 18.1. The Morgan fingerprint density at radius 2 is 1.79 bits per heavy atom. The Hall–Kier alpha value is -2.37. The minimum absolute atomic E-state index is 0.0444. The van der Waals surface area contributed by atoms with Gasteiger partial charge in [0.25, 0.3) is 0 Å². The minimum Gasteiger partial charge on any atom is -0.497 e. The molecule has 5 nitrogen and oxygen atoms in total. The summed E-state index contributed by atoms with van der Waals surface area (Å²) in [7, 11) is 1.62. The zero-order valence-corrected chi connectivity index (χ0v) is 16.6. The van der Waals surface area contributed by atoms with Crippen molar-refractivity contribution < 1.29 is 19.4 Å². The first-order chi connectivity index (χ1) is 13.5. The molecule has 0 saturated carbocycles. The molecule has 0 radical (unpaired) electrons. The molecule has 5 heteroatoms. The summed E-state index contributed by atoms with van der Waals surface area (Å²) in [5.74, 6) is 0.734. The van der Waals surface area contributed by atoms with Gasteiger partial charge in [-0.3, -0.25) is 4.79 Å². The molecule has 1 atom stereocenters. The van der Waals surface area contributed by atoms with E-state index in [-0.39, 0.29) is 12.5 Å². The Balaban J connectivity index is 1.67.